The van der Waals surface area contributed by atoms with E-state index in [-0.39, 0.29) is 5.91 Å². The Bertz CT molecular complexity index is 1350. The molecule has 2 heterocycles. The van der Waals surface area contributed by atoms with Crippen LogP contribution in [0.25, 0.3) is 10.8 Å². The summed E-state index contributed by atoms with van der Waals surface area (Å²) in [5, 5.41) is 4.83. The van der Waals surface area contributed by atoms with Gasteiger partial charge in [-0.3, -0.25) is 9.69 Å². The molecule has 1 fully saturated rings. The maximum Gasteiger partial charge on any atom is 0.266 e. The van der Waals surface area contributed by atoms with Gasteiger partial charge >= 0.3 is 0 Å². The predicted molar refractivity (Wildman–Crippen MR) is 143 cm³/mol. The Morgan fingerprint density at radius 2 is 1.70 bits per heavy atom. The number of likely N-dealkylation sites (N-methyl/N-ethyl adjacent to an activating group) is 1. The summed E-state index contributed by atoms with van der Waals surface area (Å²) in [6.45, 7) is 5.49. The predicted octanol–water partition coefficient (Wildman–Crippen LogP) is 7.43. The van der Waals surface area contributed by atoms with E-state index >= 15 is 0 Å². The Morgan fingerprint density at radius 3 is 2.48 bits per heavy atom. The molecule has 2 aliphatic rings. The van der Waals surface area contributed by atoms with E-state index in [2.05, 4.69) is 36.1 Å². The molecule has 3 aromatic rings. The van der Waals surface area contributed by atoms with Gasteiger partial charge in [0.2, 0.25) is 0 Å². The Hall–Kier alpha value is -2.67. The molecule has 5 rings (SSSR count). The average Bonchev–Trinajstić information content (AvgIpc) is 3.32. The van der Waals surface area contributed by atoms with Crippen LogP contribution < -0.4 is 4.90 Å². The number of fused-ring (bicyclic) bond motifs is 2. The molecule has 0 aliphatic carbocycles. The zero-order valence-electron chi connectivity index (χ0n) is 18.3. The molecule has 0 atom stereocenters. The van der Waals surface area contributed by atoms with Crippen LogP contribution >= 0.6 is 35.1 Å². The van der Waals surface area contributed by atoms with Gasteiger partial charge in [-0.2, -0.15) is 0 Å². The van der Waals surface area contributed by atoms with Crippen molar-refractivity contribution < 1.29 is 4.79 Å². The van der Waals surface area contributed by atoms with Gasteiger partial charge in [0.1, 0.15) is 0 Å². The SMILES string of the molecule is CCN1C(=O)C(=CC=C2Sc3ccc(Cl)cc3N2CC)SC1=Nc1ccc2ccccc2c1. The number of nitrogens with zero attached hydrogens (tertiary/aromatic N) is 3. The lowest BCUT2D eigenvalue weighted by atomic mass is 10.1. The van der Waals surface area contributed by atoms with Crippen molar-refractivity contribution in [1.82, 2.24) is 4.90 Å². The fourth-order valence-electron chi connectivity index (χ4n) is 3.91. The zero-order valence-corrected chi connectivity index (χ0v) is 20.7. The minimum Gasteiger partial charge on any atom is -0.335 e. The molecule has 2 aliphatic heterocycles. The number of anilines is 1. The van der Waals surface area contributed by atoms with Crippen molar-refractivity contribution in [2.75, 3.05) is 18.0 Å². The number of halogens is 1. The number of hydrogen-bond acceptors (Lipinski definition) is 5. The topological polar surface area (TPSA) is 35.9 Å². The van der Waals surface area contributed by atoms with E-state index in [9.17, 15) is 4.79 Å². The fraction of sp³-hybridized carbons (Fsp3) is 0.154. The van der Waals surface area contributed by atoms with Crippen molar-refractivity contribution in [2.24, 2.45) is 4.99 Å². The Labute approximate surface area is 207 Å². The molecule has 0 unspecified atom stereocenters. The van der Waals surface area contributed by atoms with E-state index in [1.807, 2.05) is 55.5 Å². The molecular formula is C26H22ClN3OS2. The number of aliphatic imine (C=N–C) groups is 1. The first kappa shape index (κ1) is 22.1. The second kappa shape index (κ2) is 9.29. The first-order chi connectivity index (χ1) is 16.1. The van der Waals surface area contributed by atoms with Gasteiger partial charge in [0.25, 0.3) is 5.91 Å². The van der Waals surface area contributed by atoms with Gasteiger partial charge in [0.15, 0.2) is 5.17 Å². The van der Waals surface area contributed by atoms with Crippen LogP contribution in [0.4, 0.5) is 11.4 Å². The van der Waals surface area contributed by atoms with Crippen molar-refractivity contribution in [3.05, 3.63) is 87.8 Å². The molecule has 1 saturated heterocycles. The number of benzene rings is 3. The van der Waals surface area contributed by atoms with Crippen molar-refractivity contribution >= 4 is 68.3 Å². The van der Waals surface area contributed by atoms with Crippen molar-refractivity contribution in [3.8, 4) is 0 Å². The normalized spacial score (nSPS) is 19.5. The maximum atomic E-state index is 13.1. The van der Waals surface area contributed by atoms with E-state index in [0.717, 1.165) is 33.4 Å². The highest BCUT2D eigenvalue weighted by Gasteiger charge is 2.32. The van der Waals surface area contributed by atoms with Gasteiger partial charge in [-0.05, 0) is 78.9 Å². The quantitative estimate of drug-likeness (QED) is 0.355. The van der Waals surface area contributed by atoms with E-state index in [4.69, 9.17) is 16.6 Å². The van der Waals surface area contributed by atoms with E-state index in [1.54, 1.807) is 16.7 Å². The summed E-state index contributed by atoms with van der Waals surface area (Å²) in [5.41, 5.74) is 1.96. The van der Waals surface area contributed by atoms with Gasteiger partial charge in [-0.15, -0.1) is 0 Å². The molecule has 0 bridgehead atoms. The lowest BCUT2D eigenvalue weighted by molar-refractivity contribution is -0.122. The van der Waals surface area contributed by atoms with Crippen molar-refractivity contribution in [3.63, 3.8) is 0 Å². The van der Waals surface area contributed by atoms with Crippen molar-refractivity contribution in [1.29, 1.82) is 0 Å². The van der Waals surface area contributed by atoms with E-state index in [0.29, 0.717) is 16.6 Å². The minimum atomic E-state index is -0.00880. The number of thioether (sulfide) groups is 2. The molecule has 4 nitrogen and oxygen atoms in total. The van der Waals surface area contributed by atoms with Crippen LogP contribution in [0.5, 0.6) is 0 Å². The van der Waals surface area contributed by atoms with Crippen LogP contribution in [0.2, 0.25) is 5.02 Å². The highest BCUT2D eigenvalue weighted by molar-refractivity contribution is 8.18. The number of carbonyl (C=O) groups is 1. The standard InChI is InChI=1S/C26H22ClN3OS2/c1-3-29-21-16-19(27)10-12-22(21)32-24(29)14-13-23-25(31)30(4-2)26(33-23)28-20-11-9-17-7-5-6-8-18(17)15-20/h5-16H,3-4H2,1-2H3. The number of carbonyl (C=O) groups excluding carboxylic acids is 1. The molecular weight excluding hydrogens is 470 g/mol. The summed E-state index contributed by atoms with van der Waals surface area (Å²) in [7, 11) is 0. The number of allylic oxidation sites excluding steroid dienone is 2. The Kier molecular flexibility index (Phi) is 6.23. The first-order valence-corrected chi connectivity index (χ1v) is 12.8. The van der Waals surface area contributed by atoms with Gasteiger partial charge in [0, 0.05) is 23.0 Å². The highest BCUT2D eigenvalue weighted by Crippen LogP contribution is 2.47. The summed E-state index contributed by atoms with van der Waals surface area (Å²) < 4.78 is 0. The Morgan fingerprint density at radius 1 is 0.909 bits per heavy atom. The van der Waals surface area contributed by atoms with Gasteiger partial charge in [0.05, 0.1) is 21.3 Å². The van der Waals surface area contributed by atoms with Crippen LogP contribution in [0.3, 0.4) is 0 Å². The third kappa shape index (κ3) is 4.31. The Balaban J connectivity index is 1.43. The average molecular weight is 492 g/mol. The molecule has 0 radical (unpaired) electrons. The van der Waals surface area contributed by atoms with Crippen LogP contribution in [0.15, 0.2) is 92.6 Å². The second-order valence-corrected chi connectivity index (χ2v) is 10.1. The van der Waals surface area contributed by atoms with Gasteiger partial charge in [-0.25, -0.2) is 4.99 Å². The number of hydrogen-bond donors (Lipinski definition) is 0. The number of amides is 1. The zero-order chi connectivity index (χ0) is 22.9. The monoisotopic (exact) mass is 491 g/mol. The molecule has 0 N–H and O–H groups in total. The van der Waals surface area contributed by atoms with Crippen molar-refractivity contribution in [2.45, 2.75) is 18.7 Å². The van der Waals surface area contributed by atoms with Gasteiger partial charge < -0.3 is 4.90 Å². The van der Waals surface area contributed by atoms with Crippen LogP contribution in [0, 0.1) is 0 Å². The third-order valence-corrected chi connectivity index (χ3v) is 7.94. The molecule has 166 valence electrons. The minimum absolute atomic E-state index is 0.00880. The largest absolute Gasteiger partial charge is 0.335 e. The van der Waals surface area contributed by atoms with Crippen LogP contribution in [-0.4, -0.2) is 29.1 Å². The first-order valence-electron chi connectivity index (χ1n) is 10.8. The molecule has 33 heavy (non-hydrogen) atoms. The summed E-state index contributed by atoms with van der Waals surface area (Å²) in [4.78, 5) is 23.7. The molecule has 0 spiro atoms. The summed E-state index contributed by atoms with van der Waals surface area (Å²) in [6.07, 6.45) is 3.94. The summed E-state index contributed by atoms with van der Waals surface area (Å²) >= 11 is 9.32. The summed E-state index contributed by atoms with van der Waals surface area (Å²) in [5.74, 6) is -0.00880. The van der Waals surface area contributed by atoms with E-state index in [1.165, 1.54) is 22.0 Å². The highest BCUT2D eigenvalue weighted by atomic mass is 35.5. The lowest BCUT2D eigenvalue weighted by Gasteiger charge is -2.17. The fourth-order valence-corrected chi connectivity index (χ4v) is 6.19. The van der Waals surface area contributed by atoms with E-state index < -0.39 is 0 Å². The maximum absolute atomic E-state index is 13.1. The molecule has 0 saturated carbocycles. The van der Waals surface area contributed by atoms with Gasteiger partial charge in [-0.1, -0.05) is 53.7 Å². The molecule has 3 aromatic carbocycles. The van der Waals surface area contributed by atoms with Crippen LogP contribution in [0.1, 0.15) is 13.8 Å². The molecule has 0 aromatic heterocycles. The second-order valence-electron chi connectivity index (χ2n) is 7.57. The molecule has 7 heteroatoms. The lowest BCUT2D eigenvalue weighted by Crippen LogP contribution is -2.28. The number of amidine groups is 1. The third-order valence-electron chi connectivity index (χ3n) is 5.55. The number of rotatable bonds is 4. The summed E-state index contributed by atoms with van der Waals surface area (Å²) in [6, 6.07) is 20.3. The smallest absolute Gasteiger partial charge is 0.266 e. The van der Waals surface area contributed by atoms with Crippen LogP contribution in [-0.2, 0) is 4.79 Å². The molecule has 1 amide bonds.